The number of anilines is 1. The lowest BCUT2D eigenvalue weighted by atomic mass is 10.1. The van der Waals surface area contributed by atoms with Gasteiger partial charge in [-0.15, -0.1) is 0 Å². The van der Waals surface area contributed by atoms with Crippen LogP contribution in [0.25, 0.3) is 0 Å². The first-order valence-corrected chi connectivity index (χ1v) is 6.87. The Balaban J connectivity index is 1.90. The predicted octanol–water partition coefficient (Wildman–Crippen LogP) is 1.89. The summed E-state index contributed by atoms with van der Waals surface area (Å²) < 4.78 is 5.02. The summed E-state index contributed by atoms with van der Waals surface area (Å²) in [5, 5.41) is 5.48. The minimum Gasteiger partial charge on any atom is -0.459 e. The van der Waals surface area contributed by atoms with E-state index < -0.39 is 5.54 Å². The fourth-order valence-electron chi connectivity index (χ4n) is 1.72. The molecule has 6 heteroatoms. The van der Waals surface area contributed by atoms with Crippen LogP contribution in [0.3, 0.4) is 0 Å². The smallest absolute Gasteiger partial charge is 0.291 e. The molecule has 6 nitrogen and oxygen atoms in total. The maximum Gasteiger partial charge on any atom is 0.291 e. The zero-order valence-electron chi connectivity index (χ0n) is 12.6. The topological polar surface area (TPSA) is 97.4 Å². The van der Waals surface area contributed by atoms with Gasteiger partial charge in [-0.2, -0.15) is 0 Å². The van der Waals surface area contributed by atoms with Crippen molar-refractivity contribution in [1.82, 2.24) is 5.32 Å². The van der Waals surface area contributed by atoms with Crippen LogP contribution in [0.15, 0.2) is 47.1 Å². The van der Waals surface area contributed by atoms with Gasteiger partial charge in [0.1, 0.15) is 0 Å². The van der Waals surface area contributed by atoms with Crippen LogP contribution in [-0.4, -0.2) is 17.4 Å². The highest BCUT2D eigenvalue weighted by molar-refractivity contribution is 6.02. The van der Waals surface area contributed by atoms with Crippen molar-refractivity contribution in [2.24, 2.45) is 5.73 Å². The first-order chi connectivity index (χ1) is 10.4. The Labute approximate surface area is 128 Å². The largest absolute Gasteiger partial charge is 0.459 e. The van der Waals surface area contributed by atoms with E-state index in [0.29, 0.717) is 12.2 Å². The number of rotatable bonds is 5. The van der Waals surface area contributed by atoms with Crippen LogP contribution in [-0.2, 0) is 11.3 Å². The Bertz CT molecular complexity index is 640. The molecule has 1 aromatic heterocycles. The van der Waals surface area contributed by atoms with Gasteiger partial charge in [0.2, 0.25) is 5.91 Å². The molecule has 0 aliphatic heterocycles. The van der Waals surface area contributed by atoms with Gasteiger partial charge in [0.25, 0.3) is 5.91 Å². The van der Waals surface area contributed by atoms with Gasteiger partial charge in [-0.3, -0.25) is 9.59 Å². The monoisotopic (exact) mass is 301 g/mol. The van der Waals surface area contributed by atoms with Crippen LogP contribution in [0.5, 0.6) is 0 Å². The molecule has 22 heavy (non-hydrogen) atoms. The standard InChI is InChI=1S/C16H19N3O3/c1-16(2,17)15(21)18-10-11-5-7-12(8-6-11)19-14(20)13-4-3-9-22-13/h3-9H,10,17H2,1-2H3,(H,18,21)(H,19,20). The SMILES string of the molecule is CC(C)(N)C(=O)NCc1ccc(NC(=O)c2ccco2)cc1. The number of carbonyl (C=O) groups excluding carboxylic acids is 2. The molecule has 0 unspecified atom stereocenters. The van der Waals surface area contributed by atoms with Crippen molar-refractivity contribution < 1.29 is 14.0 Å². The predicted molar refractivity (Wildman–Crippen MR) is 83.2 cm³/mol. The molecular formula is C16H19N3O3. The molecule has 0 saturated heterocycles. The van der Waals surface area contributed by atoms with E-state index in [-0.39, 0.29) is 17.6 Å². The number of benzene rings is 1. The first kappa shape index (κ1) is 15.8. The van der Waals surface area contributed by atoms with Crippen molar-refractivity contribution in [3.05, 3.63) is 54.0 Å². The minimum absolute atomic E-state index is 0.220. The second kappa shape index (κ2) is 6.44. The van der Waals surface area contributed by atoms with E-state index >= 15 is 0 Å². The van der Waals surface area contributed by atoms with Gasteiger partial charge in [0.15, 0.2) is 5.76 Å². The molecule has 4 N–H and O–H groups in total. The Morgan fingerprint density at radius 1 is 1.18 bits per heavy atom. The first-order valence-electron chi connectivity index (χ1n) is 6.87. The number of carbonyl (C=O) groups is 2. The summed E-state index contributed by atoms with van der Waals surface area (Å²) >= 11 is 0. The number of nitrogens with one attached hydrogen (secondary N) is 2. The zero-order chi connectivity index (χ0) is 16.2. The van der Waals surface area contributed by atoms with E-state index in [1.807, 2.05) is 12.1 Å². The van der Waals surface area contributed by atoms with Crippen molar-refractivity contribution in [3.63, 3.8) is 0 Å². The van der Waals surface area contributed by atoms with Gasteiger partial charge in [-0.1, -0.05) is 12.1 Å². The summed E-state index contributed by atoms with van der Waals surface area (Å²) in [6, 6.07) is 10.4. The molecule has 0 atom stereocenters. The van der Waals surface area contributed by atoms with Crippen LogP contribution >= 0.6 is 0 Å². The third-order valence-corrected chi connectivity index (χ3v) is 3.00. The van der Waals surface area contributed by atoms with Crippen molar-refractivity contribution in [2.75, 3.05) is 5.32 Å². The molecule has 116 valence electrons. The maximum atomic E-state index is 11.8. The van der Waals surface area contributed by atoms with E-state index in [2.05, 4.69) is 10.6 Å². The molecule has 0 aliphatic carbocycles. The van der Waals surface area contributed by atoms with Crippen LogP contribution in [0.2, 0.25) is 0 Å². The lowest BCUT2D eigenvalue weighted by molar-refractivity contribution is -0.125. The zero-order valence-corrected chi connectivity index (χ0v) is 12.6. The lowest BCUT2D eigenvalue weighted by Crippen LogP contribution is -2.48. The highest BCUT2D eigenvalue weighted by Gasteiger charge is 2.21. The summed E-state index contributed by atoms with van der Waals surface area (Å²) in [6.45, 7) is 3.68. The molecule has 0 fully saturated rings. The van der Waals surface area contributed by atoms with Gasteiger partial charge in [0.05, 0.1) is 11.8 Å². The van der Waals surface area contributed by atoms with Crippen LogP contribution in [0.1, 0.15) is 30.0 Å². The van der Waals surface area contributed by atoms with Crippen molar-refractivity contribution >= 4 is 17.5 Å². The number of nitrogens with two attached hydrogens (primary N) is 1. The average Bonchev–Trinajstić information content (AvgIpc) is 2.99. The van der Waals surface area contributed by atoms with Crippen molar-refractivity contribution in [3.8, 4) is 0 Å². The third kappa shape index (κ3) is 4.20. The number of hydrogen-bond acceptors (Lipinski definition) is 4. The Hall–Kier alpha value is -2.60. The van der Waals surface area contributed by atoms with Gasteiger partial charge >= 0.3 is 0 Å². The van der Waals surface area contributed by atoms with Gasteiger partial charge < -0.3 is 20.8 Å². The van der Waals surface area contributed by atoms with Crippen LogP contribution in [0.4, 0.5) is 5.69 Å². The molecule has 2 rings (SSSR count). The quantitative estimate of drug-likeness (QED) is 0.785. The molecular weight excluding hydrogens is 282 g/mol. The number of furan rings is 1. The van der Waals surface area contributed by atoms with E-state index in [1.165, 1.54) is 6.26 Å². The van der Waals surface area contributed by atoms with Gasteiger partial charge in [-0.25, -0.2) is 0 Å². The van der Waals surface area contributed by atoms with E-state index in [1.54, 1.807) is 38.1 Å². The molecule has 1 heterocycles. The minimum atomic E-state index is -0.906. The highest BCUT2D eigenvalue weighted by Crippen LogP contribution is 2.12. The van der Waals surface area contributed by atoms with E-state index in [0.717, 1.165) is 5.56 Å². The summed E-state index contributed by atoms with van der Waals surface area (Å²) in [4.78, 5) is 23.5. The maximum absolute atomic E-state index is 11.8. The second-order valence-electron chi connectivity index (χ2n) is 5.53. The lowest BCUT2D eigenvalue weighted by Gasteiger charge is -2.17. The van der Waals surface area contributed by atoms with Crippen LogP contribution in [0, 0.1) is 0 Å². The molecule has 0 aliphatic rings. The highest BCUT2D eigenvalue weighted by atomic mass is 16.3. The molecule has 2 aromatic rings. The van der Waals surface area contributed by atoms with E-state index in [9.17, 15) is 9.59 Å². The molecule has 1 aromatic carbocycles. The Morgan fingerprint density at radius 2 is 1.86 bits per heavy atom. The van der Waals surface area contributed by atoms with Crippen molar-refractivity contribution in [1.29, 1.82) is 0 Å². The third-order valence-electron chi connectivity index (χ3n) is 3.00. The fraction of sp³-hybridized carbons (Fsp3) is 0.250. The molecule has 0 spiro atoms. The summed E-state index contributed by atoms with van der Waals surface area (Å²) in [5.41, 5.74) is 6.35. The number of hydrogen-bond donors (Lipinski definition) is 3. The number of amides is 2. The van der Waals surface area contributed by atoms with Crippen molar-refractivity contribution in [2.45, 2.75) is 25.9 Å². The Morgan fingerprint density at radius 3 is 2.41 bits per heavy atom. The van der Waals surface area contributed by atoms with Gasteiger partial charge in [0, 0.05) is 12.2 Å². The van der Waals surface area contributed by atoms with Crippen LogP contribution < -0.4 is 16.4 Å². The summed E-state index contributed by atoms with van der Waals surface area (Å²) in [6.07, 6.45) is 1.44. The molecule has 0 bridgehead atoms. The van der Waals surface area contributed by atoms with Gasteiger partial charge in [-0.05, 0) is 43.7 Å². The average molecular weight is 301 g/mol. The molecule has 2 amide bonds. The second-order valence-corrected chi connectivity index (χ2v) is 5.53. The summed E-state index contributed by atoms with van der Waals surface area (Å²) in [7, 11) is 0. The molecule has 0 radical (unpaired) electrons. The fourth-order valence-corrected chi connectivity index (χ4v) is 1.72. The molecule has 0 saturated carbocycles. The summed E-state index contributed by atoms with van der Waals surface area (Å²) in [5.74, 6) is -0.278. The Kier molecular flexibility index (Phi) is 4.62. The van der Waals surface area contributed by atoms with E-state index in [4.69, 9.17) is 10.2 Å². The normalized spacial score (nSPS) is 11.0.